The van der Waals surface area contributed by atoms with Gasteiger partial charge in [-0.3, -0.25) is 14.9 Å². The molecule has 17 heavy (non-hydrogen) atoms. The number of halogens is 1. The molecule has 2 aromatic rings. The zero-order valence-electron chi connectivity index (χ0n) is 8.69. The molecule has 4 nitrogen and oxygen atoms in total. The molecule has 0 atom stereocenters. The van der Waals surface area contributed by atoms with Crippen LogP contribution in [-0.4, -0.2) is 16.7 Å². The molecule has 7 heteroatoms. The van der Waals surface area contributed by atoms with Gasteiger partial charge in [-0.2, -0.15) is 0 Å². The van der Waals surface area contributed by atoms with Crippen LogP contribution in [0, 0.1) is 2.88 Å². The lowest BCUT2D eigenvalue weighted by Gasteiger charge is -1.97. The Kier molecular flexibility index (Phi) is 3.89. The number of amides is 1. The Hall–Kier alpha value is -0.800. The fraction of sp³-hybridized carbons (Fsp3) is 0.100. The van der Waals surface area contributed by atoms with E-state index in [1.165, 1.54) is 29.6 Å². The number of hydrogen-bond donors (Lipinski definition) is 1. The topological polar surface area (TPSA) is 59.1 Å². The molecule has 0 bridgehead atoms. The van der Waals surface area contributed by atoms with Crippen LogP contribution in [0.15, 0.2) is 16.8 Å². The molecule has 0 aliphatic heterocycles. The van der Waals surface area contributed by atoms with Crippen molar-refractivity contribution in [3.05, 3.63) is 31.0 Å². The molecule has 0 radical (unpaired) electrons. The lowest BCUT2D eigenvalue weighted by atomic mass is 10.3. The highest BCUT2D eigenvalue weighted by Crippen LogP contribution is 2.20. The second kappa shape index (κ2) is 5.23. The van der Waals surface area contributed by atoms with Crippen LogP contribution in [0.5, 0.6) is 0 Å². The smallest absolute Gasteiger partial charge is 0.258 e. The second-order valence-corrected chi connectivity index (χ2v) is 6.85. The molecule has 0 aromatic carbocycles. The van der Waals surface area contributed by atoms with Crippen LogP contribution >= 0.6 is 45.3 Å². The summed E-state index contributed by atoms with van der Waals surface area (Å²) in [5.74, 6) is -0.305. The van der Waals surface area contributed by atoms with Crippen molar-refractivity contribution < 1.29 is 9.59 Å². The zero-order valence-corrected chi connectivity index (χ0v) is 12.5. The third-order valence-corrected chi connectivity index (χ3v) is 4.46. The van der Waals surface area contributed by atoms with Crippen molar-refractivity contribution in [2.24, 2.45) is 0 Å². The van der Waals surface area contributed by atoms with E-state index in [2.05, 4.69) is 32.9 Å². The molecular weight excluding hydrogens is 371 g/mol. The van der Waals surface area contributed by atoms with Crippen molar-refractivity contribution >= 4 is 62.1 Å². The summed E-state index contributed by atoms with van der Waals surface area (Å²) in [4.78, 5) is 26.9. The van der Waals surface area contributed by atoms with Crippen molar-refractivity contribution in [1.29, 1.82) is 0 Å². The molecule has 0 aliphatic carbocycles. The first-order valence-corrected chi connectivity index (χ1v) is 7.42. The molecule has 1 amide bonds. The number of nitrogens with one attached hydrogen (secondary N) is 1. The van der Waals surface area contributed by atoms with Crippen LogP contribution < -0.4 is 5.32 Å². The van der Waals surface area contributed by atoms with Gasteiger partial charge in [-0.25, -0.2) is 4.98 Å². The molecule has 0 saturated carbocycles. The van der Waals surface area contributed by atoms with E-state index in [1.807, 2.05) is 0 Å². The third kappa shape index (κ3) is 3.11. The number of rotatable bonds is 3. The van der Waals surface area contributed by atoms with E-state index in [1.54, 1.807) is 16.8 Å². The molecule has 0 saturated heterocycles. The number of hydrogen-bond acceptors (Lipinski definition) is 5. The molecule has 2 rings (SSSR count). The number of anilines is 1. The van der Waals surface area contributed by atoms with Crippen LogP contribution in [0.25, 0.3) is 0 Å². The van der Waals surface area contributed by atoms with E-state index in [9.17, 15) is 9.59 Å². The average Bonchev–Trinajstić information content (AvgIpc) is 2.86. The Morgan fingerprint density at radius 2 is 2.12 bits per heavy atom. The van der Waals surface area contributed by atoms with Gasteiger partial charge in [0.25, 0.3) is 5.91 Å². The van der Waals surface area contributed by atoms with Crippen LogP contribution in [0.2, 0.25) is 0 Å². The first kappa shape index (κ1) is 12.7. The maximum absolute atomic E-state index is 11.8. The zero-order chi connectivity index (χ0) is 12.4. The second-order valence-electron chi connectivity index (χ2n) is 3.19. The summed E-state index contributed by atoms with van der Waals surface area (Å²) < 4.78 is 1.05. The van der Waals surface area contributed by atoms with Crippen molar-refractivity contribution in [2.75, 3.05) is 5.32 Å². The van der Waals surface area contributed by atoms with E-state index in [0.29, 0.717) is 16.4 Å². The third-order valence-electron chi connectivity index (χ3n) is 1.92. The number of carbonyl (C=O) groups is 2. The van der Waals surface area contributed by atoms with E-state index < -0.39 is 0 Å². The predicted octanol–water partition coefficient (Wildman–Crippen LogP) is 3.26. The minimum absolute atomic E-state index is 0.105. The average molecular weight is 378 g/mol. The molecule has 0 aliphatic rings. The number of nitrogens with zero attached hydrogens (tertiary/aromatic N) is 1. The highest BCUT2D eigenvalue weighted by molar-refractivity contribution is 14.1. The van der Waals surface area contributed by atoms with Crippen molar-refractivity contribution in [3.63, 3.8) is 0 Å². The van der Waals surface area contributed by atoms with Crippen molar-refractivity contribution in [3.8, 4) is 0 Å². The van der Waals surface area contributed by atoms with Crippen LogP contribution in [0.4, 0.5) is 5.13 Å². The van der Waals surface area contributed by atoms with Crippen LogP contribution in [-0.2, 0) is 0 Å². The lowest BCUT2D eigenvalue weighted by Crippen LogP contribution is -2.10. The lowest BCUT2D eigenvalue weighted by molar-refractivity contribution is 0.100. The number of thiophene rings is 1. The van der Waals surface area contributed by atoms with Gasteiger partial charge in [-0.1, -0.05) is 0 Å². The quantitative estimate of drug-likeness (QED) is 0.659. The SMILES string of the molecule is CC(=O)c1csc(NC(=O)c2csc(I)c2)n1. The van der Waals surface area contributed by atoms with Crippen LogP contribution in [0.3, 0.4) is 0 Å². The van der Waals surface area contributed by atoms with Crippen molar-refractivity contribution in [2.45, 2.75) is 6.92 Å². The highest BCUT2D eigenvalue weighted by Gasteiger charge is 2.11. The minimum atomic E-state index is -0.200. The fourth-order valence-electron chi connectivity index (χ4n) is 1.09. The van der Waals surface area contributed by atoms with Gasteiger partial charge < -0.3 is 0 Å². The maximum Gasteiger partial charge on any atom is 0.258 e. The number of thiazole rings is 1. The van der Waals surface area contributed by atoms with E-state index in [4.69, 9.17) is 0 Å². The normalized spacial score (nSPS) is 10.2. The van der Waals surface area contributed by atoms with E-state index >= 15 is 0 Å². The standard InChI is InChI=1S/C10H7IN2O2S2/c1-5(14)7-4-17-10(12-7)13-9(15)6-2-8(11)16-3-6/h2-4H,1H3,(H,12,13,15). The molecule has 0 spiro atoms. The monoisotopic (exact) mass is 378 g/mol. The minimum Gasteiger partial charge on any atom is -0.298 e. The van der Waals surface area contributed by atoms with Gasteiger partial charge in [0.15, 0.2) is 10.9 Å². The summed E-state index contributed by atoms with van der Waals surface area (Å²) in [7, 11) is 0. The molecule has 0 unspecified atom stereocenters. The molecule has 88 valence electrons. The predicted molar refractivity (Wildman–Crippen MR) is 77.1 cm³/mol. The van der Waals surface area contributed by atoms with Gasteiger partial charge in [0.2, 0.25) is 0 Å². The van der Waals surface area contributed by atoms with Gasteiger partial charge in [0.1, 0.15) is 5.69 Å². The summed E-state index contributed by atoms with van der Waals surface area (Å²) in [5, 5.41) is 6.53. The Balaban J connectivity index is 2.10. The van der Waals surface area contributed by atoms with Crippen LogP contribution in [0.1, 0.15) is 27.8 Å². The molecule has 2 aromatic heterocycles. The maximum atomic E-state index is 11.8. The van der Waals surface area contributed by atoms with Gasteiger partial charge >= 0.3 is 0 Å². The summed E-state index contributed by atoms with van der Waals surface area (Å²) in [5.41, 5.74) is 0.990. The fourth-order valence-corrected chi connectivity index (χ4v) is 3.16. The molecular formula is C10H7IN2O2S2. The molecule has 1 N–H and O–H groups in total. The summed E-state index contributed by atoms with van der Waals surface area (Å²) in [6.07, 6.45) is 0. The Bertz CT molecular complexity index is 576. The van der Waals surface area contributed by atoms with Gasteiger partial charge in [-0.15, -0.1) is 22.7 Å². The number of carbonyl (C=O) groups excluding carboxylic acids is 2. The number of ketones is 1. The Morgan fingerprint density at radius 3 is 2.65 bits per heavy atom. The van der Waals surface area contributed by atoms with Gasteiger partial charge in [0.05, 0.1) is 8.45 Å². The number of aromatic nitrogens is 1. The summed E-state index contributed by atoms with van der Waals surface area (Å²) in [6.45, 7) is 1.45. The van der Waals surface area contributed by atoms with Gasteiger partial charge in [0, 0.05) is 17.7 Å². The summed E-state index contributed by atoms with van der Waals surface area (Å²) in [6, 6.07) is 1.81. The first-order valence-electron chi connectivity index (χ1n) is 4.58. The Morgan fingerprint density at radius 1 is 1.35 bits per heavy atom. The van der Waals surface area contributed by atoms with Gasteiger partial charge in [-0.05, 0) is 28.7 Å². The summed E-state index contributed by atoms with van der Waals surface area (Å²) >= 11 is 4.91. The molecule has 0 fully saturated rings. The van der Waals surface area contributed by atoms with Crippen molar-refractivity contribution in [1.82, 2.24) is 4.98 Å². The van der Waals surface area contributed by atoms with E-state index in [0.717, 1.165) is 2.88 Å². The highest BCUT2D eigenvalue weighted by atomic mass is 127. The number of Topliss-reactive ketones (excluding diaryl/α,β-unsaturated/α-hetero) is 1. The largest absolute Gasteiger partial charge is 0.298 e. The first-order chi connectivity index (χ1) is 8.06. The Labute approximate surface area is 119 Å². The van der Waals surface area contributed by atoms with E-state index in [-0.39, 0.29) is 11.7 Å². The molecule has 2 heterocycles.